The second-order valence-electron chi connectivity index (χ2n) is 2.68. The number of carbonyl (C=O) groups excluding carboxylic acids is 1. The molecule has 0 aliphatic heterocycles. The predicted molar refractivity (Wildman–Crippen MR) is 46.9 cm³/mol. The lowest BCUT2D eigenvalue weighted by Gasteiger charge is -2.11. The van der Waals surface area contributed by atoms with Crippen molar-refractivity contribution in [2.75, 3.05) is 0 Å². The largest absolute Gasteiger partial charge is 0.366 e. The lowest BCUT2D eigenvalue weighted by atomic mass is 9.94. The smallest absolute Gasteiger partial charge is 0.248 e. The Balaban J connectivity index is 4.26. The Morgan fingerprint density at radius 2 is 2.00 bits per heavy atom. The van der Waals surface area contributed by atoms with Gasteiger partial charge in [0.05, 0.1) is 0 Å². The average Bonchev–Trinajstić information content (AvgIpc) is 2.00. The van der Waals surface area contributed by atoms with E-state index in [0.29, 0.717) is 5.57 Å². The van der Waals surface area contributed by atoms with Gasteiger partial charge in [0, 0.05) is 5.57 Å². The van der Waals surface area contributed by atoms with E-state index in [1.165, 1.54) is 0 Å². The van der Waals surface area contributed by atoms with Crippen LogP contribution >= 0.6 is 0 Å². The Morgan fingerprint density at radius 3 is 2.27 bits per heavy atom. The molecule has 1 unspecified atom stereocenters. The molecule has 1 amide bonds. The van der Waals surface area contributed by atoms with Gasteiger partial charge in [-0.05, 0) is 17.9 Å². The summed E-state index contributed by atoms with van der Waals surface area (Å²) in [6.45, 7) is 11.3. The standard InChI is InChI=1S/C9H15NO/c1-5-6(2)7(3)8(4)9(10)11/h6H,3-5H2,1-2H3,(H2,10,11). The molecule has 0 aromatic heterocycles. The monoisotopic (exact) mass is 153 g/mol. The van der Waals surface area contributed by atoms with Crippen LogP contribution < -0.4 is 5.73 Å². The van der Waals surface area contributed by atoms with Crippen LogP contribution in [0.25, 0.3) is 0 Å². The van der Waals surface area contributed by atoms with Crippen LogP contribution in [0.5, 0.6) is 0 Å². The van der Waals surface area contributed by atoms with Gasteiger partial charge in [0.1, 0.15) is 0 Å². The molecule has 1 atom stereocenters. The van der Waals surface area contributed by atoms with E-state index in [1.54, 1.807) is 0 Å². The fraction of sp³-hybridized carbons (Fsp3) is 0.444. The Hall–Kier alpha value is -1.05. The number of primary amides is 1. The van der Waals surface area contributed by atoms with Gasteiger partial charge in [0.2, 0.25) is 5.91 Å². The molecule has 0 saturated heterocycles. The van der Waals surface area contributed by atoms with Gasteiger partial charge in [0.15, 0.2) is 0 Å². The predicted octanol–water partition coefficient (Wildman–Crippen LogP) is 1.63. The molecule has 2 heteroatoms. The first-order chi connectivity index (χ1) is 5.00. The second kappa shape index (κ2) is 3.96. The number of carbonyl (C=O) groups is 1. The van der Waals surface area contributed by atoms with Crippen molar-refractivity contribution in [3.05, 3.63) is 24.3 Å². The van der Waals surface area contributed by atoms with Crippen LogP contribution in [0, 0.1) is 5.92 Å². The maximum Gasteiger partial charge on any atom is 0.248 e. The molecule has 0 aliphatic carbocycles. The van der Waals surface area contributed by atoms with E-state index in [-0.39, 0.29) is 5.92 Å². The van der Waals surface area contributed by atoms with Crippen LogP contribution in [0.2, 0.25) is 0 Å². The third-order valence-corrected chi connectivity index (χ3v) is 1.89. The zero-order chi connectivity index (χ0) is 9.02. The topological polar surface area (TPSA) is 43.1 Å². The summed E-state index contributed by atoms with van der Waals surface area (Å²) in [6.07, 6.45) is 0.950. The Labute approximate surface area is 67.8 Å². The molecule has 0 rings (SSSR count). The minimum absolute atomic E-state index is 0.287. The molecule has 0 aliphatic rings. The third kappa shape index (κ3) is 2.58. The molecule has 0 heterocycles. The molecular formula is C9H15NO. The van der Waals surface area contributed by atoms with E-state index in [0.717, 1.165) is 12.0 Å². The lowest BCUT2D eigenvalue weighted by molar-refractivity contribution is -0.114. The first-order valence-electron chi connectivity index (χ1n) is 3.68. The second-order valence-corrected chi connectivity index (χ2v) is 2.68. The van der Waals surface area contributed by atoms with Gasteiger partial charge in [-0.1, -0.05) is 27.0 Å². The highest BCUT2D eigenvalue weighted by Gasteiger charge is 2.11. The van der Waals surface area contributed by atoms with E-state index in [9.17, 15) is 4.79 Å². The van der Waals surface area contributed by atoms with E-state index < -0.39 is 5.91 Å². The summed E-state index contributed by atoms with van der Waals surface area (Å²) in [6, 6.07) is 0. The van der Waals surface area contributed by atoms with Crippen LogP contribution in [0.3, 0.4) is 0 Å². The van der Waals surface area contributed by atoms with Gasteiger partial charge in [-0.25, -0.2) is 0 Å². The Morgan fingerprint density at radius 1 is 1.55 bits per heavy atom. The van der Waals surface area contributed by atoms with Crippen molar-refractivity contribution < 1.29 is 4.79 Å². The van der Waals surface area contributed by atoms with Crippen LogP contribution in [0.1, 0.15) is 20.3 Å². The van der Waals surface area contributed by atoms with Crippen LogP contribution in [-0.4, -0.2) is 5.91 Å². The minimum atomic E-state index is -0.477. The summed E-state index contributed by atoms with van der Waals surface area (Å²) in [7, 11) is 0. The number of hydrogen-bond donors (Lipinski definition) is 1. The number of hydrogen-bond acceptors (Lipinski definition) is 1. The first-order valence-corrected chi connectivity index (χ1v) is 3.68. The molecule has 0 aromatic rings. The Kier molecular flexibility index (Phi) is 3.58. The fourth-order valence-corrected chi connectivity index (χ4v) is 0.702. The molecule has 0 fully saturated rings. The quantitative estimate of drug-likeness (QED) is 0.484. The fourth-order valence-electron chi connectivity index (χ4n) is 0.702. The first kappa shape index (κ1) is 9.95. The summed E-state index contributed by atoms with van der Waals surface area (Å²) >= 11 is 0. The van der Waals surface area contributed by atoms with Gasteiger partial charge >= 0.3 is 0 Å². The molecule has 2 nitrogen and oxygen atoms in total. The van der Waals surface area contributed by atoms with Crippen LogP contribution in [0.15, 0.2) is 24.3 Å². The van der Waals surface area contributed by atoms with Crippen molar-refractivity contribution in [3.8, 4) is 0 Å². The molecule has 0 radical (unpaired) electrons. The molecule has 0 aromatic carbocycles. The highest BCUT2D eigenvalue weighted by molar-refractivity contribution is 5.95. The van der Waals surface area contributed by atoms with Crippen molar-refractivity contribution in [1.82, 2.24) is 0 Å². The number of nitrogens with two attached hydrogens (primary N) is 1. The van der Waals surface area contributed by atoms with Crippen molar-refractivity contribution in [2.45, 2.75) is 20.3 Å². The van der Waals surface area contributed by atoms with Crippen molar-refractivity contribution in [3.63, 3.8) is 0 Å². The van der Waals surface area contributed by atoms with Crippen LogP contribution in [-0.2, 0) is 4.79 Å². The molecule has 0 spiro atoms. The van der Waals surface area contributed by atoms with Gasteiger partial charge in [-0.15, -0.1) is 0 Å². The van der Waals surface area contributed by atoms with Crippen molar-refractivity contribution in [2.24, 2.45) is 11.7 Å². The maximum atomic E-state index is 10.6. The van der Waals surface area contributed by atoms with E-state index in [2.05, 4.69) is 13.2 Å². The summed E-state index contributed by atoms with van der Waals surface area (Å²) in [5.41, 5.74) is 6.13. The minimum Gasteiger partial charge on any atom is -0.366 e. The zero-order valence-electron chi connectivity index (χ0n) is 7.18. The summed E-state index contributed by atoms with van der Waals surface area (Å²) in [4.78, 5) is 10.6. The summed E-state index contributed by atoms with van der Waals surface area (Å²) in [5, 5.41) is 0. The number of rotatable bonds is 4. The zero-order valence-corrected chi connectivity index (χ0v) is 7.18. The molecule has 2 N–H and O–H groups in total. The summed E-state index contributed by atoms with van der Waals surface area (Å²) < 4.78 is 0. The summed E-state index contributed by atoms with van der Waals surface area (Å²) in [5.74, 6) is -0.190. The molecule has 11 heavy (non-hydrogen) atoms. The van der Waals surface area contributed by atoms with Gasteiger partial charge in [0.25, 0.3) is 0 Å². The molecular weight excluding hydrogens is 138 g/mol. The van der Waals surface area contributed by atoms with Gasteiger partial charge in [-0.3, -0.25) is 4.79 Å². The maximum absolute atomic E-state index is 10.6. The molecule has 0 saturated carbocycles. The van der Waals surface area contributed by atoms with E-state index >= 15 is 0 Å². The van der Waals surface area contributed by atoms with Crippen molar-refractivity contribution in [1.29, 1.82) is 0 Å². The van der Waals surface area contributed by atoms with Gasteiger partial charge < -0.3 is 5.73 Å². The van der Waals surface area contributed by atoms with Crippen LogP contribution in [0.4, 0.5) is 0 Å². The average molecular weight is 153 g/mol. The van der Waals surface area contributed by atoms with Crippen molar-refractivity contribution >= 4 is 5.91 Å². The molecule has 62 valence electrons. The SMILES string of the molecule is C=C(C(=C)C(C)CC)C(N)=O. The van der Waals surface area contributed by atoms with E-state index in [4.69, 9.17) is 5.73 Å². The highest BCUT2D eigenvalue weighted by Crippen LogP contribution is 2.18. The third-order valence-electron chi connectivity index (χ3n) is 1.89. The van der Waals surface area contributed by atoms with E-state index in [1.807, 2.05) is 13.8 Å². The normalized spacial score (nSPS) is 12.2. The molecule has 0 bridgehead atoms. The lowest BCUT2D eigenvalue weighted by Crippen LogP contribution is -2.16. The number of amides is 1. The highest BCUT2D eigenvalue weighted by atomic mass is 16.1. The Bertz CT molecular complexity index is 194. The van der Waals surface area contributed by atoms with Gasteiger partial charge in [-0.2, -0.15) is 0 Å².